The van der Waals surface area contributed by atoms with Crippen molar-refractivity contribution in [2.24, 2.45) is 11.7 Å². The number of aliphatic carboxylic acids is 1. The van der Waals surface area contributed by atoms with Crippen LogP contribution < -0.4 is 11.1 Å². The van der Waals surface area contributed by atoms with E-state index in [9.17, 15) is 24.3 Å². The molecule has 0 fully saturated rings. The number of rotatable bonds is 13. The summed E-state index contributed by atoms with van der Waals surface area (Å²) in [6, 6.07) is 5.31. The van der Waals surface area contributed by atoms with Crippen LogP contribution in [0, 0.1) is 5.92 Å². The number of thiol groups is 1. The van der Waals surface area contributed by atoms with E-state index in [-0.39, 0.29) is 30.6 Å². The van der Waals surface area contributed by atoms with Crippen LogP contribution >= 0.6 is 12.6 Å². The van der Waals surface area contributed by atoms with Crippen LogP contribution in [0.25, 0.3) is 10.9 Å². The molecule has 9 nitrogen and oxygen atoms in total. The second-order valence-corrected chi connectivity index (χ2v) is 9.68. The number of unbranched alkanes of at least 4 members (excludes halogenated alkanes) is 1. The van der Waals surface area contributed by atoms with E-state index in [1.54, 1.807) is 24.4 Å². The molecule has 1 amide bonds. The number of fused-ring (bicyclic) bond motifs is 1. The summed E-state index contributed by atoms with van der Waals surface area (Å²) in [5.74, 6) is -2.03. The van der Waals surface area contributed by atoms with Gasteiger partial charge in [0, 0.05) is 24.4 Å². The average Bonchev–Trinajstić information content (AvgIpc) is 3.18. The van der Waals surface area contributed by atoms with Crippen molar-refractivity contribution < 1.29 is 29.0 Å². The third-order valence-electron chi connectivity index (χ3n) is 5.75. The molecule has 2 rings (SSSR count). The molecule has 1 aromatic carbocycles. The lowest BCUT2D eigenvalue weighted by molar-refractivity contribution is -0.142. The van der Waals surface area contributed by atoms with Gasteiger partial charge < -0.3 is 20.9 Å². The second kappa shape index (κ2) is 13.3. The number of amides is 1. The Labute approximate surface area is 210 Å². The number of carboxylic acid groups (broad SMARTS) is 1. The SMILES string of the molecule is COC(=O)CCCCC(S)C(=O)N[C@@H](Cc1cn(C(=O)[C@@H](N)CC(C)C)c2ccccc12)C(=O)O. The van der Waals surface area contributed by atoms with E-state index in [2.05, 4.69) is 22.7 Å². The summed E-state index contributed by atoms with van der Waals surface area (Å²) in [4.78, 5) is 48.7. The Morgan fingerprint density at radius 3 is 2.49 bits per heavy atom. The summed E-state index contributed by atoms with van der Waals surface area (Å²) in [6.45, 7) is 3.97. The number of nitrogens with zero attached hydrogens (tertiary/aromatic N) is 1. The zero-order valence-corrected chi connectivity index (χ0v) is 21.3. The van der Waals surface area contributed by atoms with Crippen LogP contribution in [0.2, 0.25) is 0 Å². The normalized spacial score (nSPS) is 13.9. The summed E-state index contributed by atoms with van der Waals surface area (Å²) < 4.78 is 6.06. The Balaban J connectivity index is 2.14. The van der Waals surface area contributed by atoms with Gasteiger partial charge in [-0.15, -0.1) is 0 Å². The fourth-order valence-corrected chi connectivity index (χ4v) is 4.17. The Kier molecular flexibility index (Phi) is 10.8. The van der Waals surface area contributed by atoms with Gasteiger partial charge in [-0.3, -0.25) is 19.0 Å². The number of carbonyl (C=O) groups excluding carboxylic acids is 3. The molecule has 2 aromatic rings. The maximum atomic E-state index is 13.0. The number of aromatic nitrogens is 1. The van der Waals surface area contributed by atoms with Gasteiger partial charge in [0.05, 0.1) is 23.9 Å². The topological polar surface area (TPSA) is 141 Å². The fraction of sp³-hybridized carbons (Fsp3) is 0.520. The molecule has 35 heavy (non-hydrogen) atoms. The van der Waals surface area contributed by atoms with Crippen LogP contribution in [0.4, 0.5) is 0 Å². The predicted molar refractivity (Wildman–Crippen MR) is 137 cm³/mol. The van der Waals surface area contributed by atoms with Crippen molar-refractivity contribution in [2.75, 3.05) is 7.11 Å². The average molecular weight is 506 g/mol. The molecule has 1 aromatic heterocycles. The van der Waals surface area contributed by atoms with E-state index in [0.717, 1.165) is 5.39 Å². The van der Waals surface area contributed by atoms with Crippen molar-refractivity contribution in [2.45, 2.75) is 69.7 Å². The Hall–Kier alpha value is -2.85. The minimum absolute atomic E-state index is 0.00980. The van der Waals surface area contributed by atoms with Crippen molar-refractivity contribution in [1.29, 1.82) is 0 Å². The van der Waals surface area contributed by atoms with Crippen LogP contribution in [0.15, 0.2) is 30.5 Å². The Bertz CT molecular complexity index is 1050. The van der Waals surface area contributed by atoms with Crippen molar-refractivity contribution in [3.05, 3.63) is 36.0 Å². The first kappa shape index (κ1) is 28.4. The van der Waals surface area contributed by atoms with Gasteiger partial charge in [0.25, 0.3) is 0 Å². The van der Waals surface area contributed by atoms with Crippen LogP contribution in [0.5, 0.6) is 0 Å². The molecule has 3 atom stereocenters. The molecule has 1 unspecified atom stereocenters. The zero-order valence-electron chi connectivity index (χ0n) is 20.4. The smallest absolute Gasteiger partial charge is 0.326 e. The minimum atomic E-state index is -1.20. The Morgan fingerprint density at radius 2 is 1.86 bits per heavy atom. The predicted octanol–water partition coefficient (Wildman–Crippen LogP) is 2.80. The summed E-state index contributed by atoms with van der Waals surface area (Å²) >= 11 is 4.30. The highest BCUT2D eigenvalue weighted by molar-refractivity contribution is 7.81. The molecule has 192 valence electrons. The first-order chi connectivity index (χ1) is 16.5. The molecule has 0 aliphatic heterocycles. The number of nitrogens with two attached hydrogens (primary N) is 1. The van der Waals surface area contributed by atoms with Gasteiger partial charge in [-0.05, 0) is 36.8 Å². The number of esters is 1. The molecular formula is C25H35N3O6S. The molecular weight excluding hydrogens is 470 g/mol. The molecule has 0 bridgehead atoms. The molecule has 0 saturated carbocycles. The van der Waals surface area contributed by atoms with Crippen LogP contribution in [-0.2, 0) is 25.5 Å². The van der Waals surface area contributed by atoms with E-state index in [4.69, 9.17) is 5.73 Å². The number of hydrogen-bond acceptors (Lipinski definition) is 7. The first-order valence-corrected chi connectivity index (χ1v) is 12.2. The number of para-hydroxylation sites is 1. The van der Waals surface area contributed by atoms with Crippen LogP contribution in [0.1, 0.15) is 56.3 Å². The molecule has 0 saturated heterocycles. The summed E-state index contributed by atoms with van der Waals surface area (Å²) in [6.07, 6.45) is 3.88. The number of hydrogen-bond donors (Lipinski definition) is 4. The van der Waals surface area contributed by atoms with Gasteiger partial charge in [0.2, 0.25) is 11.8 Å². The van der Waals surface area contributed by atoms with Crippen LogP contribution in [0.3, 0.4) is 0 Å². The largest absolute Gasteiger partial charge is 0.480 e. The van der Waals surface area contributed by atoms with E-state index in [0.29, 0.717) is 36.8 Å². The molecule has 0 radical (unpaired) electrons. The fourth-order valence-electron chi connectivity index (χ4n) is 3.91. The second-order valence-electron chi connectivity index (χ2n) is 9.06. The van der Waals surface area contributed by atoms with E-state index >= 15 is 0 Å². The maximum Gasteiger partial charge on any atom is 0.326 e. The van der Waals surface area contributed by atoms with Gasteiger partial charge in [0.15, 0.2) is 0 Å². The molecule has 0 aliphatic carbocycles. The van der Waals surface area contributed by atoms with Crippen molar-refractivity contribution in [3.8, 4) is 0 Å². The lowest BCUT2D eigenvalue weighted by Gasteiger charge is -2.17. The lowest BCUT2D eigenvalue weighted by Crippen LogP contribution is -2.45. The standard InChI is InChI=1S/C25H35N3O6S/c1-15(2)12-18(26)24(31)28-14-16(17-8-4-5-9-20(17)28)13-19(25(32)33)27-23(30)21(35)10-6-7-11-22(29)34-3/h4-5,8-9,14-15,18-19,21,35H,6-7,10-13,26H2,1-3H3,(H,27,30)(H,32,33)/t18-,19-,21?/m0/s1. The highest BCUT2D eigenvalue weighted by Gasteiger charge is 2.26. The van der Waals surface area contributed by atoms with Crippen molar-refractivity contribution >= 4 is 47.3 Å². The molecule has 10 heteroatoms. The number of carboxylic acids is 1. The third-order valence-corrected chi connectivity index (χ3v) is 6.24. The Morgan fingerprint density at radius 1 is 1.17 bits per heavy atom. The minimum Gasteiger partial charge on any atom is -0.480 e. The van der Waals surface area contributed by atoms with Crippen molar-refractivity contribution in [1.82, 2.24) is 9.88 Å². The van der Waals surface area contributed by atoms with Gasteiger partial charge in [0.1, 0.15) is 6.04 Å². The van der Waals surface area contributed by atoms with Crippen molar-refractivity contribution in [3.63, 3.8) is 0 Å². The molecule has 0 spiro atoms. The summed E-state index contributed by atoms with van der Waals surface area (Å²) in [7, 11) is 1.32. The van der Waals surface area contributed by atoms with E-state index in [1.807, 2.05) is 19.9 Å². The zero-order chi connectivity index (χ0) is 26.1. The van der Waals surface area contributed by atoms with E-state index in [1.165, 1.54) is 11.7 Å². The highest BCUT2D eigenvalue weighted by Crippen LogP contribution is 2.24. The molecule has 0 aliphatic rings. The van der Waals surface area contributed by atoms with Gasteiger partial charge in [-0.1, -0.05) is 38.5 Å². The quantitative estimate of drug-likeness (QED) is 0.186. The van der Waals surface area contributed by atoms with E-state index < -0.39 is 29.2 Å². The summed E-state index contributed by atoms with van der Waals surface area (Å²) in [5.41, 5.74) is 7.37. The van der Waals surface area contributed by atoms with Gasteiger partial charge in [-0.2, -0.15) is 12.6 Å². The number of nitrogens with one attached hydrogen (secondary N) is 1. The summed E-state index contributed by atoms with van der Waals surface area (Å²) in [5, 5.41) is 12.3. The van der Waals surface area contributed by atoms with Gasteiger partial charge in [-0.25, -0.2) is 4.79 Å². The number of methoxy groups -OCH3 is 1. The number of carbonyl (C=O) groups is 4. The highest BCUT2D eigenvalue weighted by atomic mass is 32.1. The van der Waals surface area contributed by atoms with Gasteiger partial charge >= 0.3 is 11.9 Å². The molecule has 4 N–H and O–H groups in total. The lowest BCUT2D eigenvalue weighted by atomic mass is 10.0. The third kappa shape index (κ3) is 8.10. The molecule has 1 heterocycles. The van der Waals surface area contributed by atoms with Crippen LogP contribution in [-0.4, -0.2) is 57.9 Å². The first-order valence-electron chi connectivity index (χ1n) is 11.7. The number of ether oxygens (including phenoxy) is 1. The maximum absolute atomic E-state index is 13.0. The monoisotopic (exact) mass is 505 g/mol. The number of benzene rings is 1.